The van der Waals surface area contributed by atoms with Crippen molar-refractivity contribution in [1.82, 2.24) is 5.32 Å². The monoisotopic (exact) mass is 266 g/mol. The Bertz CT molecular complexity index is 384. The Kier molecular flexibility index (Phi) is 4.85. The number of amides is 1. The van der Waals surface area contributed by atoms with Crippen molar-refractivity contribution in [3.63, 3.8) is 0 Å². The van der Waals surface area contributed by atoms with Crippen LogP contribution in [0, 0.1) is 11.3 Å². The SMILES string of the molecule is N#CCCC(=O)NCc1ccccc1Br. The van der Waals surface area contributed by atoms with Crippen LogP contribution in [0.3, 0.4) is 0 Å². The smallest absolute Gasteiger partial charge is 0.221 e. The number of halogens is 1. The third-order valence-electron chi connectivity index (χ3n) is 1.90. The van der Waals surface area contributed by atoms with Gasteiger partial charge in [0.05, 0.1) is 6.07 Å². The largest absolute Gasteiger partial charge is 0.352 e. The van der Waals surface area contributed by atoms with Crippen LogP contribution in [0.5, 0.6) is 0 Å². The Morgan fingerprint density at radius 1 is 1.47 bits per heavy atom. The highest BCUT2D eigenvalue weighted by molar-refractivity contribution is 9.10. The Morgan fingerprint density at radius 2 is 2.20 bits per heavy atom. The summed E-state index contributed by atoms with van der Waals surface area (Å²) in [6, 6.07) is 9.64. The predicted octanol–water partition coefficient (Wildman–Crippen LogP) is 2.37. The van der Waals surface area contributed by atoms with Gasteiger partial charge in [-0.25, -0.2) is 0 Å². The zero-order chi connectivity index (χ0) is 11.1. The van der Waals surface area contributed by atoms with Crippen molar-refractivity contribution in [2.24, 2.45) is 0 Å². The number of nitrogens with one attached hydrogen (secondary N) is 1. The van der Waals surface area contributed by atoms with Crippen molar-refractivity contribution in [2.75, 3.05) is 0 Å². The van der Waals surface area contributed by atoms with Crippen LogP contribution in [0.25, 0.3) is 0 Å². The molecule has 1 rings (SSSR count). The molecule has 1 amide bonds. The van der Waals surface area contributed by atoms with Gasteiger partial charge in [0.15, 0.2) is 0 Å². The summed E-state index contributed by atoms with van der Waals surface area (Å²) in [6.07, 6.45) is 0.531. The van der Waals surface area contributed by atoms with Gasteiger partial charge in [-0.05, 0) is 11.6 Å². The second kappa shape index (κ2) is 6.20. The number of rotatable bonds is 4. The van der Waals surface area contributed by atoms with E-state index in [9.17, 15) is 4.79 Å². The summed E-state index contributed by atoms with van der Waals surface area (Å²) < 4.78 is 0.977. The van der Waals surface area contributed by atoms with Gasteiger partial charge in [-0.1, -0.05) is 34.1 Å². The zero-order valence-corrected chi connectivity index (χ0v) is 9.75. The normalized spacial score (nSPS) is 9.33. The molecule has 0 fully saturated rings. The molecule has 0 saturated carbocycles. The van der Waals surface area contributed by atoms with E-state index >= 15 is 0 Å². The molecule has 3 nitrogen and oxygen atoms in total. The van der Waals surface area contributed by atoms with Gasteiger partial charge in [-0.2, -0.15) is 5.26 Å². The maximum Gasteiger partial charge on any atom is 0.221 e. The number of nitrogens with zero attached hydrogens (tertiary/aromatic N) is 1. The van der Waals surface area contributed by atoms with E-state index in [1.54, 1.807) is 0 Å². The Labute approximate surface area is 97.2 Å². The number of benzene rings is 1. The van der Waals surface area contributed by atoms with Crippen molar-refractivity contribution in [3.8, 4) is 6.07 Å². The molecule has 0 aliphatic rings. The summed E-state index contributed by atoms with van der Waals surface area (Å²) in [5, 5.41) is 11.1. The number of hydrogen-bond donors (Lipinski definition) is 1. The second-order valence-corrected chi connectivity index (χ2v) is 3.88. The summed E-state index contributed by atoms with van der Waals surface area (Å²) >= 11 is 3.40. The Balaban J connectivity index is 2.41. The molecule has 1 aromatic rings. The minimum Gasteiger partial charge on any atom is -0.352 e. The highest BCUT2D eigenvalue weighted by Gasteiger charge is 2.02. The summed E-state index contributed by atoms with van der Waals surface area (Å²) in [7, 11) is 0. The molecule has 0 aromatic heterocycles. The van der Waals surface area contributed by atoms with Crippen LogP contribution in [0.1, 0.15) is 18.4 Å². The molecule has 78 valence electrons. The van der Waals surface area contributed by atoms with E-state index in [2.05, 4.69) is 21.2 Å². The standard InChI is InChI=1S/C11H11BrN2O/c12-10-5-2-1-4-9(10)8-14-11(15)6-3-7-13/h1-2,4-5H,3,6,8H2,(H,14,15). The van der Waals surface area contributed by atoms with E-state index in [0.717, 1.165) is 10.0 Å². The molecule has 0 spiro atoms. The van der Waals surface area contributed by atoms with Gasteiger partial charge in [0.2, 0.25) is 5.91 Å². The molecular weight excluding hydrogens is 256 g/mol. The topological polar surface area (TPSA) is 52.9 Å². The number of carbonyl (C=O) groups excluding carboxylic acids is 1. The fourth-order valence-electron chi connectivity index (χ4n) is 1.09. The minimum atomic E-state index is -0.0905. The van der Waals surface area contributed by atoms with Gasteiger partial charge in [-0.3, -0.25) is 4.79 Å². The lowest BCUT2D eigenvalue weighted by Gasteiger charge is -2.05. The maximum absolute atomic E-state index is 11.2. The molecular formula is C11H11BrN2O. The fourth-order valence-corrected chi connectivity index (χ4v) is 1.52. The minimum absolute atomic E-state index is 0.0905. The second-order valence-electron chi connectivity index (χ2n) is 3.03. The molecule has 4 heteroatoms. The van der Waals surface area contributed by atoms with Gasteiger partial charge < -0.3 is 5.32 Å². The Hall–Kier alpha value is -1.34. The first kappa shape index (κ1) is 11.7. The number of nitriles is 1. The van der Waals surface area contributed by atoms with Crippen molar-refractivity contribution >= 4 is 21.8 Å². The van der Waals surface area contributed by atoms with Crippen LogP contribution in [0.2, 0.25) is 0 Å². The lowest BCUT2D eigenvalue weighted by molar-refractivity contribution is -0.121. The van der Waals surface area contributed by atoms with Crippen LogP contribution in [0.15, 0.2) is 28.7 Å². The first-order valence-electron chi connectivity index (χ1n) is 4.61. The first-order valence-corrected chi connectivity index (χ1v) is 5.40. The van der Waals surface area contributed by atoms with Gasteiger partial charge in [0.25, 0.3) is 0 Å². The highest BCUT2D eigenvalue weighted by Crippen LogP contribution is 2.15. The summed E-state index contributed by atoms with van der Waals surface area (Å²) in [5.41, 5.74) is 1.03. The van der Waals surface area contributed by atoms with Crippen LogP contribution >= 0.6 is 15.9 Å². The maximum atomic E-state index is 11.2. The summed E-state index contributed by atoms with van der Waals surface area (Å²) in [4.78, 5) is 11.2. The van der Waals surface area contributed by atoms with E-state index < -0.39 is 0 Å². The summed E-state index contributed by atoms with van der Waals surface area (Å²) in [5.74, 6) is -0.0905. The zero-order valence-electron chi connectivity index (χ0n) is 8.16. The molecule has 0 heterocycles. The summed E-state index contributed by atoms with van der Waals surface area (Å²) in [6.45, 7) is 0.492. The molecule has 0 bridgehead atoms. The lowest BCUT2D eigenvalue weighted by atomic mass is 10.2. The first-order chi connectivity index (χ1) is 7.24. The molecule has 0 aliphatic heterocycles. The fraction of sp³-hybridized carbons (Fsp3) is 0.273. The van der Waals surface area contributed by atoms with Crippen LogP contribution in [-0.2, 0) is 11.3 Å². The highest BCUT2D eigenvalue weighted by atomic mass is 79.9. The number of carbonyl (C=O) groups is 1. The quantitative estimate of drug-likeness (QED) is 0.910. The molecule has 15 heavy (non-hydrogen) atoms. The van der Waals surface area contributed by atoms with Crippen LogP contribution < -0.4 is 5.32 Å². The molecule has 1 N–H and O–H groups in total. The third kappa shape index (κ3) is 4.13. The van der Waals surface area contributed by atoms with E-state index in [-0.39, 0.29) is 18.7 Å². The average Bonchev–Trinajstić information content (AvgIpc) is 2.25. The molecule has 0 saturated heterocycles. The molecule has 0 aliphatic carbocycles. The van der Waals surface area contributed by atoms with Crippen LogP contribution in [-0.4, -0.2) is 5.91 Å². The molecule has 0 radical (unpaired) electrons. The van der Waals surface area contributed by atoms with Gasteiger partial charge >= 0.3 is 0 Å². The van der Waals surface area contributed by atoms with Gasteiger partial charge in [-0.15, -0.1) is 0 Å². The van der Waals surface area contributed by atoms with Crippen molar-refractivity contribution in [1.29, 1.82) is 5.26 Å². The van der Waals surface area contributed by atoms with Gasteiger partial charge in [0.1, 0.15) is 0 Å². The van der Waals surface area contributed by atoms with Crippen LogP contribution in [0.4, 0.5) is 0 Å². The predicted molar refractivity (Wildman–Crippen MR) is 60.8 cm³/mol. The van der Waals surface area contributed by atoms with Crippen molar-refractivity contribution in [3.05, 3.63) is 34.3 Å². The average molecular weight is 267 g/mol. The lowest BCUT2D eigenvalue weighted by Crippen LogP contribution is -2.22. The van der Waals surface area contributed by atoms with E-state index in [4.69, 9.17) is 5.26 Å². The van der Waals surface area contributed by atoms with E-state index in [1.807, 2.05) is 30.3 Å². The molecule has 0 atom stereocenters. The molecule has 0 unspecified atom stereocenters. The van der Waals surface area contributed by atoms with Gasteiger partial charge in [0, 0.05) is 23.9 Å². The molecule has 1 aromatic carbocycles. The number of hydrogen-bond acceptors (Lipinski definition) is 2. The third-order valence-corrected chi connectivity index (χ3v) is 2.67. The van der Waals surface area contributed by atoms with Crippen molar-refractivity contribution < 1.29 is 4.79 Å². The van der Waals surface area contributed by atoms with E-state index in [0.29, 0.717) is 6.54 Å². The van der Waals surface area contributed by atoms with E-state index in [1.165, 1.54) is 0 Å². The van der Waals surface area contributed by atoms with Crippen molar-refractivity contribution in [2.45, 2.75) is 19.4 Å². The Morgan fingerprint density at radius 3 is 2.87 bits per heavy atom.